The monoisotopic (exact) mass is 442 g/mol. The van der Waals surface area contributed by atoms with Crippen LogP contribution in [0.25, 0.3) is 5.69 Å². The summed E-state index contributed by atoms with van der Waals surface area (Å²) < 4.78 is 2.12. The minimum atomic E-state index is 0.124. The van der Waals surface area contributed by atoms with E-state index in [1.165, 1.54) is 0 Å². The number of halogens is 1. The number of nitrogens with zero attached hydrogens (tertiary/aromatic N) is 3. The Morgan fingerprint density at radius 2 is 1.93 bits per heavy atom. The number of hydrogen-bond acceptors (Lipinski definition) is 4. The van der Waals surface area contributed by atoms with Crippen molar-refractivity contribution in [2.24, 2.45) is 0 Å². The second kappa shape index (κ2) is 11.8. The zero-order valence-corrected chi connectivity index (χ0v) is 18.8. The average Bonchev–Trinajstić information content (AvgIpc) is 3.17. The molecule has 1 aromatic heterocycles. The quantitative estimate of drug-likeness (QED) is 0.316. The molecule has 1 N–H and O–H groups in total. The first-order valence-corrected chi connectivity index (χ1v) is 11.7. The summed E-state index contributed by atoms with van der Waals surface area (Å²) in [7, 11) is 0. The van der Waals surface area contributed by atoms with E-state index < -0.39 is 0 Å². The van der Waals surface area contributed by atoms with Crippen molar-refractivity contribution in [3.63, 3.8) is 0 Å². The van der Waals surface area contributed by atoms with Gasteiger partial charge in [-0.25, -0.2) is 0 Å². The number of unbranched alkanes of at least 4 members (excludes halogenated alkanes) is 1. The van der Waals surface area contributed by atoms with Crippen molar-refractivity contribution >= 4 is 29.3 Å². The Bertz CT molecular complexity index is 945. The second-order valence-electron chi connectivity index (χ2n) is 7.05. The lowest BCUT2D eigenvalue weighted by Gasteiger charge is -2.10. The van der Waals surface area contributed by atoms with Gasteiger partial charge < -0.3 is 5.32 Å². The van der Waals surface area contributed by atoms with Gasteiger partial charge in [-0.15, -0.1) is 10.2 Å². The van der Waals surface area contributed by atoms with E-state index in [0.717, 1.165) is 65.2 Å². The number of aromatic nitrogens is 3. The Morgan fingerprint density at radius 1 is 1.10 bits per heavy atom. The molecule has 0 unspecified atom stereocenters. The molecular formula is C23H27ClN4OS. The maximum absolute atomic E-state index is 11.8. The van der Waals surface area contributed by atoms with Gasteiger partial charge in [0.05, 0.1) is 0 Å². The van der Waals surface area contributed by atoms with Crippen LogP contribution in [-0.4, -0.2) is 27.2 Å². The number of carbonyl (C=O) groups is 1. The third-order valence-corrected chi connectivity index (χ3v) is 5.83. The number of rotatable bonds is 11. The van der Waals surface area contributed by atoms with Gasteiger partial charge in [-0.05, 0) is 49.1 Å². The Kier molecular flexibility index (Phi) is 8.78. The minimum absolute atomic E-state index is 0.124. The molecule has 3 rings (SSSR count). The van der Waals surface area contributed by atoms with Gasteiger partial charge in [0.2, 0.25) is 5.91 Å². The summed E-state index contributed by atoms with van der Waals surface area (Å²) in [6, 6.07) is 18.0. The smallest absolute Gasteiger partial charge is 0.219 e. The highest BCUT2D eigenvalue weighted by molar-refractivity contribution is 7.98. The third-order valence-electron chi connectivity index (χ3n) is 4.60. The van der Waals surface area contributed by atoms with Crippen LogP contribution in [0.4, 0.5) is 0 Å². The van der Waals surface area contributed by atoms with Gasteiger partial charge in [-0.3, -0.25) is 9.36 Å². The Balaban J connectivity index is 1.67. The van der Waals surface area contributed by atoms with E-state index in [1.54, 1.807) is 11.8 Å². The van der Waals surface area contributed by atoms with Crippen LogP contribution in [0.5, 0.6) is 0 Å². The fourth-order valence-corrected chi connectivity index (χ4v) is 4.21. The fourth-order valence-electron chi connectivity index (χ4n) is 3.09. The van der Waals surface area contributed by atoms with Crippen molar-refractivity contribution in [2.45, 2.75) is 49.9 Å². The van der Waals surface area contributed by atoms with Crippen LogP contribution in [0.1, 0.15) is 44.0 Å². The van der Waals surface area contributed by atoms with Crippen molar-refractivity contribution in [3.05, 3.63) is 71.0 Å². The first kappa shape index (κ1) is 22.4. The summed E-state index contributed by atoms with van der Waals surface area (Å²) in [5.41, 5.74) is 2.20. The third kappa shape index (κ3) is 6.61. The summed E-state index contributed by atoms with van der Waals surface area (Å²) in [6.45, 7) is 2.80. The predicted molar refractivity (Wildman–Crippen MR) is 123 cm³/mol. The predicted octanol–water partition coefficient (Wildman–Crippen LogP) is 5.45. The number of aryl methyl sites for hydroxylation is 1. The molecule has 0 bridgehead atoms. The number of hydrogen-bond donors (Lipinski definition) is 1. The molecule has 0 saturated heterocycles. The number of thioether (sulfide) groups is 1. The highest BCUT2D eigenvalue weighted by atomic mass is 35.5. The molecule has 0 aliphatic rings. The maximum atomic E-state index is 11.8. The number of carbonyl (C=O) groups excluding carboxylic acids is 1. The molecule has 0 radical (unpaired) electrons. The first-order valence-electron chi connectivity index (χ1n) is 10.3. The van der Waals surface area contributed by atoms with Gasteiger partial charge in [0.25, 0.3) is 0 Å². The highest BCUT2D eigenvalue weighted by Crippen LogP contribution is 2.26. The number of para-hydroxylation sites is 1. The summed E-state index contributed by atoms with van der Waals surface area (Å²) in [6.07, 6.45) is 4.02. The zero-order valence-electron chi connectivity index (χ0n) is 17.2. The molecule has 2 aromatic carbocycles. The Morgan fingerprint density at radius 3 is 2.70 bits per heavy atom. The van der Waals surface area contributed by atoms with E-state index >= 15 is 0 Å². The molecule has 0 saturated carbocycles. The molecule has 5 nitrogen and oxygen atoms in total. The summed E-state index contributed by atoms with van der Waals surface area (Å²) in [5, 5.41) is 13.4. The summed E-state index contributed by atoms with van der Waals surface area (Å²) in [4.78, 5) is 11.8. The molecule has 1 heterocycles. The zero-order chi connectivity index (χ0) is 21.2. The first-order chi connectivity index (χ1) is 14.7. The molecule has 0 aliphatic carbocycles. The van der Waals surface area contributed by atoms with Crippen LogP contribution < -0.4 is 5.32 Å². The van der Waals surface area contributed by atoms with Crippen molar-refractivity contribution in [1.29, 1.82) is 0 Å². The topological polar surface area (TPSA) is 59.8 Å². The Hall–Kier alpha value is -2.31. The van der Waals surface area contributed by atoms with Crippen molar-refractivity contribution in [2.75, 3.05) is 6.54 Å². The summed E-state index contributed by atoms with van der Waals surface area (Å²) in [5.74, 6) is 1.81. The van der Waals surface area contributed by atoms with E-state index in [0.29, 0.717) is 6.42 Å². The second-order valence-corrected chi connectivity index (χ2v) is 8.42. The molecule has 1 amide bonds. The average molecular weight is 443 g/mol. The number of nitrogens with one attached hydrogen (secondary N) is 1. The highest BCUT2D eigenvalue weighted by Gasteiger charge is 2.14. The summed E-state index contributed by atoms with van der Waals surface area (Å²) >= 11 is 7.75. The molecule has 0 fully saturated rings. The van der Waals surface area contributed by atoms with E-state index in [2.05, 4.69) is 45.2 Å². The lowest BCUT2D eigenvalue weighted by molar-refractivity contribution is -0.121. The van der Waals surface area contributed by atoms with Crippen LogP contribution in [0, 0.1) is 0 Å². The van der Waals surface area contributed by atoms with E-state index in [4.69, 9.17) is 11.6 Å². The molecule has 0 aliphatic heterocycles. The fraction of sp³-hybridized carbons (Fsp3) is 0.348. The molecule has 3 aromatic rings. The molecule has 30 heavy (non-hydrogen) atoms. The van der Waals surface area contributed by atoms with E-state index in [9.17, 15) is 4.79 Å². The van der Waals surface area contributed by atoms with E-state index in [-0.39, 0.29) is 5.91 Å². The number of amides is 1. The van der Waals surface area contributed by atoms with Crippen molar-refractivity contribution < 1.29 is 4.79 Å². The van der Waals surface area contributed by atoms with Crippen molar-refractivity contribution in [3.8, 4) is 5.69 Å². The maximum Gasteiger partial charge on any atom is 0.219 e. The van der Waals surface area contributed by atoms with Gasteiger partial charge in [-0.1, -0.05) is 60.6 Å². The molecular weight excluding hydrogens is 416 g/mol. The SMILES string of the molecule is CCCNC(=O)CCCCc1nnc(SCc2cccc(Cl)c2)n1-c1ccccc1. The van der Waals surface area contributed by atoms with Gasteiger partial charge in [0.15, 0.2) is 5.16 Å². The van der Waals surface area contributed by atoms with Gasteiger partial charge in [-0.2, -0.15) is 0 Å². The van der Waals surface area contributed by atoms with Crippen LogP contribution in [0.15, 0.2) is 59.8 Å². The lowest BCUT2D eigenvalue weighted by atomic mass is 10.1. The largest absolute Gasteiger partial charge is 0.356 e. The van der Waals surface area contributed by atoms with Crippen molar-refractivity contribution in [1.82, 2.24) is 20.1 Å². The van der Waals surface area contributed by atoms with Crippen LogP contribution >= 0.6 is 23.4 Å². The van der Waals surface area contributed by atoms with Gasteiger partial charge in [0, 0.05) is 35.8 Å². The van der Waals surface area contributed by atoms with E-state index in [1.807, 2.05) is 36.4 Å². The lowest BCUT2D eigenvalue weighted by Crippen LogP contribution is -2.23. The normalized spacial score (nSPS) is 10.9. The van der Waals surface area contributed by atoms with Gasteiger partial charge in [0.1, 0.15) is 5.82 Å². The van der Waals surface area contributed by atoms with Crippen LogP contribution in [0.2, 0.25) is 5.02 Å². The molecule has 7 heteroatoms. The standard InChI is InChI=1S/C23H27ClN4OS/c1-2-15-25-22(29)14-7-6-13-21-26-27-23(28(21)20-11-4-3-5-12-20)30-17-18-9-8-10-19(24)16-18/h3-5,8-12,16H,2,6-7,13-15,17H2,1H3,(H,25,29). The molecule has 0 atom stereocenters. The minimum Gasteiger partial charge on any atom is -0.356 e. The molecule has 0 spiro atoms. The van der Waals surface area contributed by atoms with Gasteiger partial charge >= 0.3 is 0 Å². The Labute approximate surface area is 187 Å². The molecule has 158 valence electrons. The van der Waals surface area contributed by atoms with Crippen LogP contribution in [-0.2, 0) is 17.0 Å². The van der Waals surface area contributed by atoms with Crippen LogP contribution in [0.3, 0.4) is 0 Å². The number of benzene rings is 2.